The van der Waals surface area contributed by atoms with Gasteiger partial charge in [-0.2, -0.15) is 0 Å². The normalized spacial score (nSPS) is 17.3. The lowest BCUT2D eigenvalue weighted by atomic mass is 10.3. The molecule has 1 aromatic rings. The second-order valence-corrected chi connectivity index (χ2v) is 5.82. The molecule has 19 heavy (non-hydrogen) atoms. The highest BCUT2D eigenvalue weighted by molar-refractivity contribution is 7.12. The third kappa shape index (κ3) is 3.84. The number of alkyl halides is 1. The molecule has 1 fully saturated rings. The summed E-state index contributed by atoms with van der Waals surface area (Å²) in [6.07, 6.45) is 1.01. The third-order valence-electron chi connectivity index (χ3n) is 3.30. The van der Waals surface area contributed by atoms with Crippen LogP contribution in [0, 0.1) is 0 Å². The minimum absolute atomic E-state index is 0.112. The smallest absolute Gasteiger partial charge is 0.264 e. The standard InChI is InChI=1S/C13H19ClN2O2S/c1-18-11-9-12(19-10-11)13(17)16-5-2-4-15(6-3-14)7-8-16/h9-10H,2-8H2,1H3. The molecule has 106 valence electrons. The van der Waals surface area contributed by atoms with Crippen LogP contribution in [0.2, 0.25) is 0 Å². The van der Waals surface area contributed by atoms with Gasteiger partial charge in [-0.3, -0.25) is 4.79 Å². The van der Waals surface area contributed by atoms with E-state index in [1.807, 2.05) is 16.3 Å². The first-order chi connectivity index (χ1) is 9.24. The van der Waals surface area contributed by atoms with Gasteiger partial charge >= 0.3 is 0 Å². The second-order valence-electron chi connectivity index (χ2n) is 4.53. The molecule has 4 nitrogen and oxygen atoms in total. The van der Waals surface area contributed by atoms with Crippen LogP contribution in [0.5, 0.6) is 5.75 Å². The van der Waals surface area contributed by atoms with Crippen LogP contribution in [0.4, 0.5) is 0 Å². The van der Waals surface area contributed by atoms with E-state index in [2.05, 4.69) is 4.90 Å². The van der Waals surface area contributed by atoms with Gasteiger partial charge in [0.15, 0.2) is 0 Å². The van der Waals surface area contributed by atoms with Gasteiger partial charge in [0, 0.05) is 43.5 Å². The van der Waals surface area contributed by atoms with E-state index < -0.39 is 0 Å². The van der Waals surface area contributed by atoms with Gasteiger partial charge < -0.3 is 14.5 Å². The third-order valence-corrected chi connectivity index (χ3v) is 4.36. The fourth-order valence-corrected chi connectivity index (χ4v) is 3.27. The molecule has 1 saturated heterocycles. The molecule has 1 aromatic heterocycles. The Morgan fingerprint density at radius 2 is 2.26 bits per heavy atom. The Morgan fingerprint density at radius 3 is 2.95 bits per heavy atom. The van der Waals surface area contributed by atoms with Crippen LogP contribution >= 0.6 is 22.9 Å². The number of rotatable bonds is 4. The van der Waals surface area contributed by atoms with Crippen LogP contribution in [0.25, 0.3) is 0 Å². The summed E-state index contributed by atoms with van der Waals surface area (Å²) in [5, 5.41) is 1.87. The highest BCUT2D eigenvalue weighted by Gasteiger charge is 2.21. The number of hydrogen-bond donors (Lipinski definition) is 0. The minimum atomic E-state index is 0.112. The maximum absolute atomic E-state index is 12.4. The van der Waals surface area contributed by atoms with Crippen molar-refractivity contribution in [2.45, 2.75) is 6.42 Å². The Bertz CT molecular complexity index is 425. The van der Waals surface area contributed by atoms with Crippen molar-refractivity contribution in [2.75, 3.05) is 45.7 Å². The summed E-state index contributed by atoms with van der Waals surface area (Å²) in [4.78, 5) is 17.4. The van der Waals surface area contributed by atoms with Gasteiger partial charge in [0.05, 0.1) is 12.0 Å². The van der Waals surface area contributed by atoms with Crippen molar-refractivity contribution in [2.24, 2.45) is 0 Å². The Balaban J connectivity index is 1.95. The number of hydrogen-bond acceptors (Lipinski definition) is 4. The molecule has 0 saturated carbocycles. The van der Waals surface area contributed by atoms with Crippen molar-refractivity contribution in [3.63, 3.8) is 0 Å². The van der Waals surface area contributed by atoms with Crippen molar-refractivity contribution in [1.29, 1.82) is 0 Å². The van der Waals surface area contributed by atoms with E-state index in [1.165, 1.54) is 11.3 Å². The van der Waals surface area contributed by atoms with Gasteiger partial charge in [0.25, 0.3) is 5.91 Å². The van der Waals surface area contributed by atoms with Gasteiger partial charge in [-0.05, 0) is 13.0 Å². The van der Waals surface area contributed by atoms with Crippen LogP contribution in [0.3, 0.4) is 0 Å². The summed E-state index contributed by atoms with van der Waals surface area (Å²) in [6, 6.07) is 1.81. The molecule has 2 heterocycles. The van der Waals surface area contributed by atoms with Crippen molar-refractivity contribution >= 4 is 28.8 Å². The van der Waals surface area contributed by atoms with Gasteiger partial charge in [-0.25, -0.2) is 0 Å². The molecule has 6 heteroatoms. The van der Waals surface area contributed by atoms with Crippen LogP contribution in [0.1, 0.15) is 16.1 Å². The number of amides is 1. The van der Waals surface area contributed by atoms with Crippen molar-refractivity contribution in [3.05, 3.63) is 16.3 Å². The van der Waals surface area contributed by atoms with E-state index in [0.29, 0.717) is 5.88 Å². The number of carbonyl (C=O) groups is 1. The first-order valence-electron chi connectivity index (χ1n) is 6.44. The predicted molar refractivity (Wildman–Crippen MR) is 78.6 cm³/mol. The molecule has 1 aliphatic rings. The van der Waals surface area contributed by atoms with Crippen LogP contribution in [-0.2, 0) is 0 Å². The van der Waals surface area contributed by atoms with Crippen LogP contribution < -0.4 is 4.74 Å². The van der Waals surface area contributed by atoms with Gasteiger partial charge in [0.2, 0.25) is 0 Å². The summed E-state index contributed by atoms with van der Waals surface area (Å²) >= 11 is 7.21. The molecule has 0 unspecified atom stereocenters. The largest absolute Gasteiger partial charge is 0.496 e. The molecule has 0 spiro atoms. The number of halogens is 1. The first kappa shape index (κ1) is 14.6. The van der Waals surface area contributed by atoms with E-state index in [9.17, 15) is 4.79 Å². The number of carbonyl (C=O) groups excluding carboxylic acids is 1. The van der Waals surface area contributed by atoms with Gasteiger partial charge in [-0.1, -0.05) is 0 Å². The summed E-state index contributed by atoms with van der Waals surface area (Å²) in [6.45, 7) is 4.41. The Kier molecular flexibility index (Phi) is 5.48. The maximum atomic E-state index is 12.4. The summed E-state index contributed by atoms with van der Waals surface area (Å²) in [7, 11) is 1.62. The molecule has 0 bridgehead atoms. The average molecular weight is 303 g/mol. The molecule has 1 amide bonds. The maximum Gasteiger partial charge on any atom is 0.264 e. The lowest BCUT2D eigenvalue weighted by Crippen LogP contribution is -2.35. The number of thiophene rings is 1. The average Bonchev–Trinajstić information content (AvgIpc) is 2.79. The van der Waals surface area contributed by atoms with Crippen molar-refractivity contribution in [3.8, 4) is 5.75 Å². The topological polar surface area (TPSA) is 32.8 Å². The summed E-state index contributed by atoms with van der Waals surface area (Å²) < 4.78 is 5.12. The molecular formula is C13H19ClN2O2S. The lowest BCUT2D eigenvalue weighted by molar-refractivity contribution is 0.0766. The predicted octanol–water partition coefficient (Wildman–Crippen LogP) is 2.14. The summed E-state index contributed by atoms with van der Waals surface area (Å²) in [5.41, 5.74) is 0. The van der Waals surface area contributed by atoms with E-state index in [1.54, 1.807) is 7.11 Å². The molecule has 0 N–H and O–H groups in total. The zero-order valence-electron chi connectivity index (χ0n) is 11.1. The molecule has 0 aliphatic carbocycles. The zero-order valence-corrected chi connectivity index (χ0v) is 12.7. The minimum Gasteiger partial charge on any atom is -0.496 e. The molecule has 2 rings (SSSR count). The molecular weight excluding hydrogens is 284 g/mol. The number of nitrogens with zero attached hydrogens (tertiary/aromatic N) is 2. The van der Waals surface area contributed by atoms with Crippen LogP contribution in [0.15, 0.2) is 11.4 Å². The highest BCUT2D eigenvalue weighted by atomic mass is 35.5. The van der Waals surface area contributed by atoms with Gasteiger partial charge in [0.1, 0.15) is 5.75 Å². The zero-order chi connectivity index (χ0) is 13.7. The van der Waals surface area contributed by atoms with E-state index in [4.69, 9.17) is 16.3 Å². The quantitative estimate of drug-likeness (QED) is 0.799. The lowest BCUT2D eigenvalue weighted by Gasteiger charge is -2.20. The SMILES string of the molecule is COc1csc(C(=O)N2CCCN(CCCl)CC2)c1. The number of ether oxygens (including phenoxy) is 1. The number of methoxy groups -OCH3 is 1. The second kappa shape index (κ2) is 7.12. The monoisotopic (exact) mass is 302 g/mol. The Labute approximate surface area is 122 Å². The van der Waals surface area contributed by atoms with Crippen LogP contribution in [-0.4, -0.2) is 61.4 Å². The summed E-state index contributed by atoms with van der Waals surface area (Å²) in [5.74, 6) is 1.52. The fraction of sp³-hybridized carbons (Fsp3) is 0.615. The molecule has 1 aliphatic heterocycles. The van der Waals surface area contributed by atoms with Gasteiger partial charge in [-0.15, -0.1) is 22.9 Å². The molecule has 0 atom stereocenters. The fourth-order valence-electron chi connectivity index (χ4n) is 2.21. The van der Waals surface area contributed by atoms with E-state index in [-0.39, 0.29) is 5.91 Å². The molecule has 0 radical (unpaired) electrons. The molecule has 0 aromatic carbocycles. The van der Waals surface area contributed by atoms with Crippen molar-refractivity contribution in [1.82, 2.24) is 9.80 Å². The Hall–Kier alpha value is -0.780. The Morgan fingerprint density at radius 1 is 1.42 bits per heavy atom. The van der Waals surface area contributed by atoms with Crippen molar-refractivity contribution < 1.29 is 9.53 Å². The highest BCUT2D eigenvalue weighted by Crippen LogP contribution is 2.23. The van der Waals surface area contributed by atoms with E-state index in [0.717, 1.165) is 49.8 Å². The first-order valence-corrected chi connectivity index (χ1v) is 7.86. The van der Waals surface area contributed by atoms with E-state index >= 15 is 0 Å².